The highest BCUT2D eigenvalue weighted by Gasteiger charge is 2.18. The van der Waals surface area contributed by atoms with Gasteiger partial charge in [-0.2, -0.15) is 0 Å². The smallest absolute Gasteiger partial charge is 0.161 e. The number of ether oxygens (including phenoxy) is 3. The van der Waals surface area contributed by atoms with Crippen LogP contribution in [0.15, 0.2) is 41.0 Å². The van der Waals surface area contributed by atoms with Gasteiger partial charge in [-0.05, 0) is 50.6 Å². The minimum absolute atomic E-state index is 0.282. The highest BCUT2D eigenvalue weighted by Crippen LogP contribution is 2.28. The summed E-state index contributed by atoms with van der Waals surface area (Å²) in [6, 6.07) is 9.63. The Morgan fingerprint density at radius 2 is 1.81 bits per heavy atom. The van der Waals surface area contributed by atoms with Crippen LogP contribution in [-0.2, 0) is 17.8 Å². The third-order valence-electron chi connectivity index (χ3n) is 3.99. The van der Waals surface area contributed by atoms with Crippen molar-refractivity contribution in [1.82, 2.24) is 4.90 Å². The van der Waals surface area contributed by atoms with Crippen LogP contribution in [0.5, 0.6) is 11.5 Å². The van der Waals surface area contributed by atoms with Crippen LogP contribution in [-0.4, -0.2) is 49.1 Å². The number of methoxy groups -OCH3 is 2. The Balaban J connectivity index is 2.08. The van der Waals surface area contributed by atoms with Gasteiger partial charge in [0.2, 0.25) is 0 Å². The molecular weight excluding hydrogens is 346 g/mol. The Kier molecular flexibility index (Phi) is 7.71. The van der Waals surface area contributed by atoms with E-state index in [1.54, 1.807) is 20.5 Å². The van der Waals surface area contributed by atoms with Gasteiger partial charge in [0.1, 0.15) is 5.76 Å². The van der Waals surface area contributed by atoms with Crippen LogP contribution in [0.2, 0.25) is 0 Å². The molecule has 0 radical (unpaired) electrons. The third kappa shape index (κ3) is 7.25. The van der Waals surface area contributed by atoms with Gasteiger partial charge in [-0.1, -0.05) is 6.07 Å². The number of benzene rings is 1. The largest absolute Gasteiger partial charge is 0.493 e. The molecule has 1 N–H and O–H groups in total. The second kappa shape index (κ2) is 9.78. The van der Waals surface area contributed by atoms with E-state index in [2.05, 4.69) is 4.90 Å². The van der Waals surface area contributed by atoms with Crippen LogP contribution < -0.4 is 9.47 Å². The Morgan fingerprint density at radius 3 is 2.41 bits per heavy atom. The summed E-state index contributed by atoms with van der Waals surface area (Å²) in [7, 11) is 3.24. The average Bonchev–Trinajstić information content (AvgIpc) is 3.12. The fourth-order valence-corrected chi connectivity index (χ4v) is 2.74. The van der Waals surface area contributed by atoms with Gasteiger partial charge in [-0.3, -0.25) is 4.90 Å². The van der Waals surface area contributed by atoms with Crippen molar-refractivity contribution >= 4 is 0 Å². The molecule has 6 nitrogen and oxygen atoms in total. The lowest BCUT2D eigenvalue weighted by molar-refractivity contribution is -0.0576. The monoisotopic (exact) mass is 377 g/mol. The molecule has 0 aliphatic rings. The van der Waals surface area contributed by atoms with Crippen molar-refractivity contribution in [3.8, 4) is 11.5 Å². The minimum atomic E-state index is -0.598. The molecular formula is C21H31NO5. The molecule has 0 saturated carbocycles. The summed E-state index contributed by atoms with van der Waals surface area (Å²) >= 11 is 0. The van der Waals surface area contributed by atoms with Crippen LogP contribution in [0, 0.1) is 0 Å². The molecule has 1 aromatic heterocycles. The van der Waals surface area contributed by atoms with Crippen molar-refractivity contribution in [3.05, 3.63) is 47.9 Å². The van der Waals surface area contributed by atoms with E-state index in [4.69, 9.17) is 18.6 Å². The molecule has 27 heavy (non-hydrogen) atoms. The van der Waals surface area contributed by atoms with E-state index >= 15 is 0 Å². The number of hydrogen-bond acceptors (Lipinski definition) is 6. The van der Waals surface area contributed by atoms with Crippen molar-refractivity contribution in [3.63, 3.8) is 0 Å². The molecule has 0 fully saturated rings. The maximum absolute atomic E-state index is 10.4. The fourth-order valence-electron chi connectivity index (χ4n) is 2.74. The van der Waals surface area contributed by atoms with E-state index < -0.39 is 6.10 Å². The third-order valence-corrected chi connectivity index (χ3v) is 3.99. The second-order valence-corrected chi connectivity index (χ2v) is 7.52. The highest BCUT2D eigenvalue weighted by atomic mass is 16.5. The lowest BCUT2D eigenvalue weighted by Gasteiger charge is -2.27. The SMILES string of the molecule is COc1ccc(CN(Cc2ccco2)C[C@@H](O)COC(C)(C)C)cc1OC. The van der Waals surface area contributed by atoms with Gasteiger partial charge in [0.05, 0.1) is 45.3 Å². The molecule has 0 aliphatic heterocycles. The molecule has 150 valence electrons. The van der Waals surface area contributed by atoms with Crippen LogP contribution in [0.3, 0.4) is 0 Å². The Bertz CT molecular complexity index is 678. The van der Waals surface area contributed by atoms with E-state index in [0.717, 1.165) is 11.3 Å². The van der Waals surface area contributed by atoms with Gasteiger partial charge in [-0.25, -0.2) is 0 Å². The molecule has 6 heteroatoms. The van der Waals surface area contributed by atoms with Crippen LogP contribution >= 0.6 is 0 Å². The lowest BCUT2D eigenvalue weighted by atomic mass is 10.1. The van der Waals surface area contributed by atoms with Crippen molar-refractivity contribution < 1.29 is 23.7 Å². The van der Waals surface area contributed by atoms with Crippen LogP contribution in [0.1, 0.15) is 32.1 Å². The first-order chi connectivity index (χ1) is 12.8. The molecule has 0 unspecified atom stereocenters. The van der Waals surface area contributed by atoms with Crippen molar-refractivity contribution in [2.24, 2.45) is 0 Å². The predicted octanol–water partition coefficient (Wildman–Crippen LogP) is 3.48. The molecule has 1 atom stereocenters. The van der Waals surface area contributed by atoms with Gasteiger partial charge < -0.3 is 23.7 Å². The first-order valence-electron chi connectivity index (χ1n) is 9.08. The maximum atomic E-state index is 10.4. The van der Waals surface area contributed by atoms with E-state index in [0.29, 0.717) is 31.1 Å². The first kappa shape index (κ1) is 21.3. The molecule has 0 saturated heterocycles. The summed E-state index contributed by atoms with van der Waals surface area (Å²) in [6.45, 7) is 7.90. The van der Waals surface area contributed by atoms with Crippen molar-refractivity contribution in [2.75, 3.05) is 27.4 Å². The first-order valence-corrected chi connectivity index (χ1v) is 9.08. The number of nitrogens with zero attached hydrogens (tertiary/aromatic N) is 1. The zero-order chi connectivity index (χ0) is 19.9. The summed E-state index contributed by atoms with van der Waals surface area (Å²) in [5.74, 6) is 2.22. The molecule has 2 rings (SSSR count). The minimum Gasteiger partial charge on any atom is -0.493 e. The summed E-state index contributed by atoms with van der Waals surface area (Å²) in [4.78, 5) is 2.12. The number of rotatable bonds is 10. The molecule has 2 aromatic rings. The number of hydrogen-bond donors (Lipinski definition) is 1. The Hall–Kier alpha value is -2.02. The highest BCUT2D eigenvalue weighted by molar-refractivity contribution is 5.42. The molecule has 0 aliphatic carbocycles. The van der Waals surface area contributed by atoms with Crippen LogP contribution in [0.25, 0.3) is 0 Å². The van der Waals surface area contributed by atoms with E-state index in [9.17, 15) is 5.11 Å². The molecule has 1 aromatic carbocycles. The second-order valence-electron chi connectivity index (χ2n) is 7.52. The van der Waals surface area contributed by atoms with Crippen molar-refractivity contribution in [1.29, 1.82) is 0 Å². The van der Waals surface area contributed by atoms with E-state index in [1.165, 1.54) is 0 Å². The average molecular weight is 377 g/mol. The fraction of sp³-hybridized carbons (Fsp3) is 0.524. The number of aliphatic hydroxyl groups excluding tert-OH is 1. The Morgan fingerprint density at radius 1 is 1.07 bits per heavy atom. The molecule has 0 spiro atoms. The molecule has 0 amide bonds. The topological polar surface area (TPSA) is 64.3 Å². The zero-order valence-electron chi connectivity index (χ0n) is 16.9. The molecule has 1 heterocycles. The number of furan rings is 1. The van der Waals surface area contributed by atoms with Gasteiger partial charge in [0.15, 0.2) is 11.5 Å². The summed E-state index contributed by atoms with van der Waals surface area (Å²) in [5, 5.41) is 10.4. The van der Waals surface area contributed by atoms with E-state index in [1.807, 2.05) is 51.1 Å². The van der Waals surface area contributed by atoms with Gasteiger partial charge in [0, 0.05) is 13.1 Å². The maximum Gasteiger partial charge on any atom is 0.161 e. The summed E-state index contributed by atoms with van der Waals surface area (Å²) in [6.07, 6.45) is 1.06. The standard InChI is InChI=1S/C21H31NO5/c1-21(2,3)27-15-17(23)13-22(14-18-7-6-10-26-18)12-16-8-9-19(24-4)20(11-16)25-5/h6-11,17,23H,12-15H2,1-5H3/t17-/m1/s1. The van der Waals surface area contributed by atoms with Gasteiger partial charge in [-0.15, -0.1) is 0 Å². The molecule has 0 bridgehead atoms. The number of aliphatic hydroxyl groups is 1. The van der Waals surface area contributed by atoms with Gasteiger partial charge in [0.25, 0.3) is 0 Å². The van der Waals surface area contributed by atoms with Crippen LogP contribution in [0.4, 0.5) is 0 Å². The predicted molar refractivity (Wildman–Crippen MR) is 104 cm³/mol. The normalized spacial score (nSPS) is 13.0. The zero-order valence-corrected chi connectivity index (χ0v) is 16.9. The lowest BCUT2D eigenvalue weighted by Crippen LogP contribution is -2.36. The Labute approximate surface area is 161 Å². The summed E-state index contributed by atoms with van der Waals surface area (Å²) in [5.41, 5.74) is 0.777. The van der Waals surface area contributed by atoms with Gasteiger partial charge >= 0.3 is 0 Å². The summed E-state index contributed by atoms with van der Waals surface area (Å²) < 4.78 is 21.9. The van der Waals surface area contributed by atoms with Crippen molar-refractivity contribution in [2.45, 2.75) is 45.6 Å². The van der Waals surface area contributed by atoms with E-state index in [-0.39, 0.29) is 12.2 Å². The quantitative estimate of drug-likeness (QED) is 0.684.